The smallest absolute Gasteiger partial charge is 0.341 e. The van der Waals surface area contributed by atoms with E-state index in [-0.39, 0.29) is 11.3 Å². The Kier molecular flexibility index (Phi) is 4.31. The second kappa shape index (κ2) is 5.31. The summed E-state index contributed by atoms with van der Waals surface area (Å²) in [6, 6.07) is 2.68. The Bertz CT molecular complexity index is 421. The number of ether oxygens (including phenoxy) is 1. The average molecular weight is 354 g/mol. The van der Waals surface area contributed by atoms with Crippen molar-refractivity contribution in [3.63, 3.8) is 0 Å². The lowest BCUT2D eigenvalue weighted by Crippen LogP contribution is -2.10. The van der Waals surface area contributed by atoms with Gasteiger partial charge in [-0.05, 0) is 44.0 Å². The van der Waals surface area contributed by atoms with Crippen LogP contribution in [0.25, 0.3) is 0 Å². The quantitative estimate of drug-likeness (QED) is 0.868. The van der Waals surface area contributed by atoms with Gasteiger partial charge >= 0.3 is 11.9 Å². The fourth-order valence-corrected chi connectivity index (χ4v) is 2.37. The maximum atomic E-state index is 10.7. The molecular weight excluding hydrogens is 348 g/mol. The van der Waals surface area contributed by atoms with E-state index in [0.717, 1.165) is 0 Å². The summed E-state index contributed by atoms with van der Waals surface area (Å²) in [5.74, 6) is -1.93. The van der Waals surface area contributed by atoms with E-state index >= 15 is 0 Å². The van der Waals surface area contributed by atoms with Crippen molar-refractivity contribution in [1.82, 2.24) is 0 Å². The highest BCUT2D eigenvalue weighted by Crippen LogP contribution is 2.34. The Morgan fingerprint density at radius 1 is 1.19 bits per heavy atom. The van der Waals surface area contributed by atoms with Gasteiger partial charge in [0.15, 0.2) is 6.61 Å². The average Bonchev–Trinajstić information content (AvgIpc) is 2.15. The molecule has 86 valence electrons. The molecule has 0 fully saturated rings. The van der Waals surface area contributed by atoms with E-state index in [1.807, 2.05) is 0 Å². The van der Waals surface area contributed by atoms with Gasteiger partial charge in [0.2, 0.25) is 0 Å². The van der Waals surface area contributed by atoms with Gasteiger partial charge in [-0.25, -0.2) is 9.59 Å². The van der Waals surface area contributed by atoms with Gasteiger partial charge in [0.05, 0.1) is 14.5 Å². The summed E-state index contributed by atoms with van der Waals surface area (Å²) in [5, 5.41) is 17.2. The first kappa shape index (κ1) is 13.0. The summed E-state index contributed by atoms with van der Waals surface area (Å²) in [5.41, 5.74) is 0.0708. The van der Waals surface area contributed by atoms with Crippen molar-refractivity contribution < 1.29 is 24.5 Å². The topological polar surface area (TPSA) is 83.8 Å². The molecule has 1 aromatic rings. The molecular formula is C9H6Br2O5. The van der Waals surface area contributed by atoms with Gasteiger partial charge in [0.25, 0.3) is 0 Å². The lowest BCUT2D eigenvalue weighted by molar-refractivity contribution is -0.139. The molecule has 0 unspecified atom stereocenters. The number of aliphatic carboxylic acids is 1. The van der Waals surface area contributed by atoms with E-state index < -0.39 is 18.5 Å². The zero-order valence-corrected chi connectivity index (χ0v) is 10.9. The Balaban J connectivity index is 3.03. The van der Waals surface area contributed by atoms with Gasteiger partial charge in [-0.15, -0.1) is 0 Å². The van der Waals surface area contributed by atoms with Gasteiger partial charge in [0.1, 0.15) is 5.75 Å². The van der Waals surface area contributed by atoms with Crippen LogP contribution in [0, 0.1) is 0 Å². The molecule has 0 aliphatic carbocycles. The molecule has 0 heterocycles. The molecule has 0 bridgehead atoms. The molecule has 0 amide bonds. The van der Waals surface area contributed by atoms with E-state index in [4.69, 9.17) is 14.9 Å². The van der Waals surface area contributed by atoms with Crippen LogP contribution in [-0.4, -0.2) is 28.8 Å². The molecule has 0 atom stereocenters. The van der Waals surface area contributed by atoms with Crippen LogP contribution < -0.4 is 4.74 Å². The third-order valence-electron chi connectivity index (χ3n) is 1.59. The number of hydrogen-bond donors (Lipinski definition) is 2. The normalized spacial score (nSPS) is 9.88. The number of hydrogen-bond acceptors (Lipinski definition) is 3. The van der Waals surface area contributed by atoms with E-state index in [2.05, 4.69) is 31.9 Å². The first-order valence-electron chi connectivity index (χ1n) is 3.98. The van der Waals surface area contributed by atoms with Gasteiger partial charge in [-0.2, -0.15) is 0 Å². The summed E-state index contributed by atoms with van der Waals surface area (Å²) < 4.78 is 5.73. The zero-order valence-electron chi connectivity index (χ0n) is 7.74. The minimum atomic E-state index is -1.11. The summed E-state index contributed by atoms with van der Waals surface area (Å²) in [6.07, 6.45) is 0. The minimum Gasteiger partial charge on any atom is -0.480 e. The zero-order chi connectivity index (χ0) is 12.3. The number of rotatable bonds is 4. The molecule has 2 N–H and O–H groups in total. The van der Waals surface area contributed by atoms with Crippen molar-refractivity contribution in [2.75, 3.05) is 6.61 Å². The fourth-order valence-electron chi connectivity index (χ4n) is 0.955. The minimum absolute atomic E-state index is 0.0708. The van der Waals surface area contributed by atoms with E-state index in [1.165, 1.54) is 12.1 Å². The van der Waals surface area contributed by atoms with Crippen molar-refractivity contribution >= 4 is 43.8 Å². The Morgan fingerprint density at radius 3 is 2.06 bits per heavy atom. The standard InChI is InChI=1S/C9H6Br2O5/c10-5-1-4(9(14)15)2-6(11)8(5)16-3-7(12)13/h1-2H,3H2,(H,12,13)(H,14,15). The van der Waals surface area contributed by atoms with Crippen LogP contribution in [0.2, 0.25) is 0 Å². The number of benzene rings is 1. The van der Waals surface area contributed by atoms with Crippen molar-refractivity contribution in [3.8, 4) is 5.75 Å². The van der Waals surface area contributed by atoms with Crippen molar-refractivity contribution in [2.45, 2.75) is 0 Å². The highest BCUT2D eigenvalue weighted by molar-refractivity contribution is 9.11. The second-order valence-corrected chi connectivity index (χ2v) is 4.47. The number of carbonyl (C=O) groups is 2. The van der Waals surface area contributed by atoms with Crippen LogP contribution in [-0.2, 0) is 4.79 Å². The van der Waals surface area contributed by atoms with Crippen LogP contribution in [0.15, 0.2) is 21.1 Å². The summed E-state index contributed by atoms with van der Waals surface area (Å²) in [6.45, 7) is -0.496. The monoisotopic (exact) mass is 352 g/mol. The maximum absolute atomic E-state index is 10.7. The largest absolute Gasteiger partial charge is 0.480 e. The van der Waals surface area contributed by atoms with Crippen LogP contribution >= 0.6 is 31.9 Å². The highest BCUT2D eigenvalue weighted by atomic mass is 79.9. The van der Waals surface area contributed by atoms with Gasteiger partial charge < -0.3 is 14.9 Å². The molecule has 0 spiro atoms. The Morgan fingerprint density at radius 2 is 1.69 bits per heavy atom. The predicted molar refractivity (Wildman–Crippen MR) is 61.9 cm³/mol. The molecule has 7 heteroatoms. The molecule has 5 nitrogen and oxygen atoms in total. The first-order valence-corrected chi connectivity index (χ1v) is 5.57. The number of aromatic carboxylic acids is 1. The van der Waals surface area contributed by atoms with E-state index in [0.29, 0.717) is 8.95 Å². The molecule has 0 saturated heterocycles. The fraction of sp³-hybridized carbons (Fsp3) is 0.111. The predicted octanol–water partition coefficient (Wildman–Crippen LogP) is 2.37. The van der Waals surface area contributed by atoms with Crippen molar-refractivity contribution in [3.05, 3.63) is 26.6 Å². The van der Waals surface area contributed by atoms with Crippen molar-refractivity contribution in [2.24, 2.45) is 0 Å². The van der Waals surface area contributed by atoms with E-state index in [9.17, 15) is 9.59 Å². The highest BCUT2D eigenvalue weighted by Gasteiger charge is 2.13. The molecule has 0 aliphatic heterocycles. The molecule has 1 aromatic carbocycles. The van der Waals surface area contributed by atoms with Gasteiger partial charge in [-0.1, -0.05) is 0 Å². The number of halogens is 2. The van der Waals surface area contributed by atoms with Crippen LogP contribution in [0.3, 0.4) is 0 Å². The Labute approximate surface area is 107 Å². The maximum Gasteiger partial charge on any atom is 0.341 e. The Hall–Kier alpha value is -1.08. The molecule has 0 saturated carbocycles. The van der Waals surface area contributed by atoms with Gasteiger partial charge in [0, 0.05) is 0 Å². The first-order chi connectivity index (χ1) is 7.41. The molecule has 1 rings (SSSR count). The van der Waals surface area contributed by atoms with Crippen LogP contribution in [0.4, 0.5) is 0 Å². The third-order valence-corrected chi connectivity index (χ3v) is 2.76. The third kappa shape index (κ3) is 3.21. The van der Waals surface area contributed by atoms with Gasteiger partial charge in [-0.3, -0.25) is 0 Å². The summed E-state index contributed by atoms with van der Waals surface area (Å²) in [7, 11) is 0. The summed E-state index contributed by atoms with van der Waals surface area (Å²) >= 11 is 6.21. The molecule has 0 radical (unpaired) electrons. The summed E-state index contributed by atoms with van der Waals surface area (Å²) in [4.78, 5) is 21.0. The SMILES string of the molecule is O=C(O)COc1c(Br)cc(C(=O)O)cc1Br. The lowest BCUT2D eigenvalue weighted by atomic mass is 10.2. The molecule has 0 aromatic heterocycles. The number of carboxylic acid groups (broad SMARTS) is 2. The van der Waals surface area contributed by atoms with E-state index in [1.54, 1.807) is 0 Å². The van der Waals surface area contributed by atoms with Crippen molar-refractivity contribution in [1.29, 1.82) is 0 Å². The lowest BCUT2D eigenvalue weighted by Gasteiger charge is -2.09. The van der Waals surface area contributed by atoms with Crippen LogP contribution in [0.1, 0.15) is 10.4 Å². The second-order valence-electron chi connectivity index (χ2n) is 2.76. The number of carboxylic acids is 2. The molecule has 16 heavy (non-hydrogen) atoms. The molecule has 0 aliphatic rings. The van der Waals surface area contributed by atoms with Crippen LogP contribution in [0.5, 0.6) is 5.75 Å².